The number of carboxylic acid groups (broad SMARTS) is 1. The van der Waals surface area contributed by atoms with Crippen LogP contribution in [0.3, 0.4) is 0 Å². The number of hydrogen-bond donors (Lipinski definition) is 2. The smallest absolute Gasteiger partial charge is 0.320 e. The van der Waals surface area contributed by atoms with E-state index in [1.807, 2.05) is 6.92 Å². The maximum atomic E-state index is 12.3. The Hall–Kier alpha value is -1.30. The molecule has 0 bridgehead atoms. The van der Waals surface area contributed by atoms with E-state index in [0.717, 1.165) is 12.8 Å². The summed E-state index contributed by atoms with van der Waals surface area (Å²) < 4.78 is 0. The Morgan fingerprint density at radius 3 is 2.53 bits per heavy atom. The highest BCUT2D eigenvalue weighted by Crippen LogP contribution is 2.26. The van der Waals surface area contributed by atoms with Gasteiger partial charge in [0.25, 0.3) is 0 Å². The Labute approximate surface area is 113 Å². The molecule has 2 N–H and O–H groups in total. The van der Waals surface area contributed by atoms with Crippen molar-refractivity contribution in [3.63, 3.8) is 0 Å². The zero-order chi connectivity index (χ0) is 14.0. The zero-order valence-electron chi connectivity index (χ0n) is 11.3. The van der Waals surface area contributed by atoms with Gasteiger partial charge in [0.2, 0.25) is 0 Å². The number of carboxylic acids is 1. The minimum absolute atomic E-state index is 0.0114. The fraction of sp³-hybridized carbons (Fsp3) is 0.846. The third-order valence-corrected chi connectivity index (χ3v) is 4.29. The van der Waals surface area contributed by atoms with Gasteiger partial charge in [0.05, 0.1) is 5.92 Å². The molecule has 2 aliphatic heterocycles. The Morgan fingerprint density at radius 2 is 1.95 bits per heavy atom. The average Bonchev–Trinajstić information content (AvgIpc) is 2.95. The first-order valence-corrected chi connectivity index (χ1v) is 6.90. The molecule has 2 heterocycles. The number of aliphatic hydroxyl groups is 1. The molecule has 108 valence electrons. The molecule has 0 aromatic heterocycles. The topological polar surface area (TPSA) is 81.1 Å². The van der Waals surface area contributed by atoms with Crippen molar-refractivity contribution >= 4 is 12.0 Å². The summed E-state index contributed by atoms with van der Waals surface area (Å²) in [7, 11) is 0. The van der Waals surface area contributed by atoms with Crippen LogP contribution in [-0.2, 0) is 4.79 Å². The van der Waals surface area contributed by atoms with Crippen molar-refractivity contribution in [3.8, 4) is 0 Å². The van der Waals surface area contributed by atoms with Crippen LogP contribution in [0.1, 0.15) is 19.8 Å². The van der Waals surface area contributed by atoms with E-state index in [2.05, 4.69) is 0 Å². The number of amides is 2. The first kappa shape index (κ1) is 14.1. The molecule has 2 aliphatic rings. The van der Waals surface area contributed by atoms with Gasteiger partial charge in [-0.1, -0.05) is 6.92 Å². The van der Waals surface area contributed by atoms with Crippen LogP contribution >= 0.6 is 0 Å². The monoisotopic (exact) mass is 270 g/mol. The molecule has 3 atom stereocenters. The molecule has 19 heavy (non-hydrogen) atoms. The number of aliphatic carboxylic acids is 1. The van der Waals surface area contributed by atoms with Gasteiger partial charge in [-0.15, -0.1) is 0 Å². The molecule has 0 saturated carbocycles. The van der Waals surface area contributed by atoms with Gasteiger partial charge in [0.1, 0.15) is 0 Å². The van der Waals surface area contributed by atoms with E-state index in [0.29, 0.717) is 32.1 Å². The van der Waals surface area contributed by atoms with Crippen molar-refractivity contribution in [2.75, 3.05) is 32.8 Å². The molecular formula is C13H22N2O4. The minimum atomic E-state index is -0.817. The highest BCUT2D eigenvalue weighted by molar-refractivity contribution is 5.78. The standard InChI is InChI=1S/C13H22N2O4/c1-9-6-15(8-11(9)12(17)18)13(19)14-4-2-10(7-14)3-5-16/h9-11,16H,2-8H2,1H3,(H,17,18)/t9-,10?,11-/m1/s1. The summed E-state index contributed by atoms with van der Waals surface area (Å²) >= 11 is 0. The number of nitrogens with zero attached hydrogens (tertiary/aromatic N) is 2. The van der Waals surface area contributed by atoms with Gasteiger partial charge in [-0.3, -0.25) is 4.79 Å². The fourth-order valence-electron chi connectivity index (χ4n) is 3.07. The summed E-state index contributed by atoms with van der Waals surface area (Å²) in [4.78, 5) is 26.8. The quantitative estimate of drug-likeness (QED) is 0.781. The lowest BCUT2D eigenvalue weighted by atomic mass is 9.99. The molecule has 0 radical (unpaired) electrons. The highest BCUT2D eigenvalue weighted by atomic mass is 16.4. The van der Waals surface area contributed by atoms with E-state index < -0.39 is 11.9 Å². The Morgan fingerprint density at radius 1 is 1.21 bits per heavy atom. The molecule has 1 unspecified atom stereocenters. The number of carbonyl (C=O) groups is 2. The summed E-state index contributed by atoms with van der Waals surface area (Å²) in [6, 6.07) is -0.0453. The SMILES string of the molecule is C[C@@H]1CN(C(=O)N2CCC(CCO)C2)C[C@H]1C(=O)O. The van der Waals surface area contributed by atoms with Crippen LogP contribution in [0.25, 0.3) is 0 Å². The van der Waals surface area contributed by atoms with Crippen molar-refractivity contribution in [1.29, 1.82) is 0 Å². The summed E-state index contributed by atoms with van der Waals surface area (Å²) in [6.07, 6.45) is 1.66. The van der Waals surface area contributed by atoms with Gasteiger partial charge in [-0.2, -0.15) is 0 Å². The van der Waals surface area contributed by atoms with Gasteiger partial charge in [0, 0.05) is 32.8 Å². The van der Waals surface area contributed by atoms with Crippen LogP contribution in [0.2, 0.25) is 0 Å². The van der Waals surface area contributed by atoms with Crippen molar-refractivity contribution in [1.82, 2.24) is 9.80 Å². The van der Waals surface area contributed by atoms with Crippen molar-refractivity contribution < 1.29 is 19.8 Å². The van der Waals surface area contributed by atoms with E-state index in [1.165, 1.54) is 0 Å². The van der Waals surface area contributed by atoms with E-state index in [1.54, 1.807) is 9.80 Å². The number of aliphatic hydroxyl groups excluding tert-OH is 1. The van der Waals surface area contributed by atoms with E-state index >= 15 is 0 Å². The van der Waals surface area contributed by atoms with Gasteiger partial charge in [-0.25, -0.2) is 4.79 Å². The van der Waals surface area contributed by atoms with Crippen molar-refractivity contribution in [3.05, 3.63) is 0 Å². The summed E-state index contributed by atoms with van der Waals surface area (Å²) in [5.74, 6) is -0.872. The Balaban J connectivity index is 1.90. The second-order valence-corrected chi connectivity index (χ2v) is 5.72. The molecule has 6 nitrogen and oxygen atoms in total. The maximum Gasteiger partial charge on any atom is 0.320 e. The first-order valence-electron chi connectivity index (χ1n) is 6.90. The van der Waals surface area contributed by atoms with E-state index in [9.17, 15) is 9.59 Å². The zero-order valence-corrected chi connectivity index (χ0v) is 11.3. The second-order valence-electron chi connectivity index (χ2n) is 5.72. The third-order valence-electron chi connectivity index (χ3n) is 4.29. The van der Waals surface area contributed by atoms with Gasteiger partial charge in [-0.05, 0) is 24.7 Å². The van der Waals surface area contributed by atoms with E-state index in [4.69, 9.17) is 10.2 Å². The number of likely N-dealkylation sites (tertiary alicyclic amines) is 2. The third kappa shape index (κ3) is 3.00. The lowest BCUT2D eigenvalue weighted by molar-refractivity contribution is -0.142. The molecule has 6 heteroatoms. The number of hydrogen-bond acceptors (Lipinski definition) is 3. The van der Waals surface area contributed by atoms with Crippen molar-refractivity contribution in [2.24, 2.45) is 17.8 Å². The maximum absolute atomic E-state index is 12.3. The van der Waals surface area contributed by atoms with Crippen LogP contribution in [0.5, 0.6) is 0 Å². The van der Waals surface area contributed by atoms with Gasteiger partial charge in [0.15, 0.2) is 0 Å². The lowest BCUT2D eigenvalue weighted by Gasteiger charge is -2.24. The largest absolute Gasteiger partial charge is 0.481 e. The second kappa shape index (κ2) is 5.77. The molecule has 0 aliphatic carbocycles. The molecule has 2 amide bonds. The van der Waals surface area contributed by atoms with Crippen molar-refractivity contribution in [2.45, 2.75) is 19.8 Å². The average molecular weight is 270 g/mol. The van der Waals surface area contributed by atoms with Crippen LogP contribution in [-0.4, -0.2) is 64.8 Å². The molecule has 0 spiro atoms. The normalized spacial score (nSPS) is 30.9. The molecule has 2 saturated heterocycles. The summed E-state index contributed by atoms with van der Waals surface area (Å²) in [5, 5.41) is 18.0. The molecule has 2 fully saturated rings. The first-order chi connectivity index (χ1) is 9.02. The minimum Gasteiger partial charge on any atom is -0.481 e. The number of carbonyl (C=O) groups excluding carboxylic acids is 1. The fourth-order valence-corrected chi connectivity index (χ4v) is 3.07. The van der Waals surface area contributed by atoms with Gasteiger partial charge >= 0.3 is 12.0 Å². The van der Waals surface area contributed by atoms with E-state index in [-0.39, 0.29) is 18.6 Å². The lowest BCUT2D eigenvalue weighted by Crippen LogP contribution is -2.41. The predicted molar refractivity (Wildman–Crippen MR) is 68.6 cm³/mol. The predicted octanol–water partition coefficient (Wildman–Crippen LogP) is 0.463. The van der Waals surface area contributed by atoms with Crippen LogP contribution in [0, 0.1) is 17.8 Å². The van der Waals surface area contributed by atoms with Crippen LogP contribution < -0.4 is 0 Å². The molecule has 2 rings (SSSR count). The van der Waals surface area contributed by atoms with Gasteiger partial charge < -0.3 is 20.0 Å². The number of urea groups is 1. The highest BCUT2D eigenvalue weighted by Gasteiger charge is 2.39. The molecule has 0 aromatic rings. The Kier molecular flexibility index (Phi) is 4.29. The molecule has 0 aromatic carbocycles. The Bertz CT molecular complexity index is 361. The molecular weight excluding hydrogens is 248 g/mol. The van der Waals surface area contributed by atoms with Crippen LogP contribution in [0.15, 0.2) is 0 Å². The number of rotatable bonds is 3. The summed E-state index contributed by atoms with van der Waals surface area (Å²) in [6.45, 7) is 4.28. The summed E-state index contributed by atoms with van der Waals surface area (Å²) in [5.41, 5.74) is 0. The van der Waals surface area contributed by atoms with Crippen LogP contribution in [0.4, 0.5) is 4.79 Å².